The van der Waals surface area contributed by atoms with E-state index in [4.69, 9.17) is 9.47 Å². The Morgan fingerprint density at radius 2 is 1.77 bits per heavy atom. The SMILES string of the molecule is COc1ccc(C(=O)Nc2nc(-c3ccc(OC)c(C)c3)c(C)s2)cc1. The first kappa shape index (κ1) is 17.9. The lowest BCUT2D eigenvalue weighted by Gasteiger charge is -2.06. The highest BCUT2D eigenvalue weighted by Crippen LogP contribution is 2.33. The third-order valence-corrected chi connectivity index (χ3v) is 4.92. The van der Waals surface area contributed by atoms with E-state index >= 15 is 0 Å². The predicted molar refractivity (Wildman–Crippen MR) is 105 cm³/mol. The molecule has 0 saturated carbocycles. The van der Waals surface area contributed by atoms with Crippen molar-refractivity contribution >= 4 is 22.4 Å². The van der Waals surface area contributed by atoms with E-state index in [0.717, 1.165) is 27.4 Å². The number of anilines is 1. The zero-order chi connectivity index (χ0) is 18.7. The zero-order valence-corrected chi connectivity index (χ0v) is 15.9. The molecule has 0 saturated heterocycles. The Kier molecular flexibility index (Phi) is 5.23. The molecule has 0 aliphatic heterocycles. The summed E-state index contributed by atoms with van der Waals surface area (Å²) in [5.41, 5.74) is 3.47. The van der Waals surface area contributed by atoms with Crippen LogP contribution in [0.3, 0.4) is 0 Å². The number of aryl methyl sites for hydroxylation is 2. The summed E-state index contributed by atoms with van der Waals surface area (Å²) in [6.07, 6.45) is 0. The van der Waals surface area contributed by atoms with Crippen LogP contribution in [0.5, 0.6) is 11.5 Å². The summed E-state index contributed by atoms with van der Waals surface area (Å²) in [5.74, 6) is 1.36. The topological polar surface area (TPSA) is 60.5 Å². The van der Waals surface area contributed by atoms with Gasteiger partial charge >= 0.3 is 0 Å². The standard InChI is InChI=1S/C20H20N2O3S/c1-12-11-15(7-10-17(12)25-4)18-13(2)26-20(21-18)22-19(23)14-5-8-16(24-3)9-6-14/h5-11H,1-4H3,(H,21,22,23). The molecule has 0 unspecified atom stereocenters. The molecule has 2 aromatic carbocycles. The zero-order valence-electron chi connectivity index (χ0n) is 15.1. The second kappa shape index (κ2) is 7.58. The van der Waals surface area contributed by atoms with Gasteiger partial charge in [0.1, 0.15) is 11.5 Å². The van der Waals surface area contributed by atoms with Crippen molar-refractivity contribution in [1.29, 1.82) is 0 Å². The summed E-state index contributed by atoms with van der Waals surface area (Å²) in [4.78, 5) is 18.0. The molecule has 3 aromatic rings. The molecule has 3 rings (SSSR count). The fourth-order valence-electron chi connectivity index (χ4n) is 2.66. The summed E-state index contributed by atoms with van der Waals surface area (Å²) in [5, 5.41) is 3.44. The van der Waals surface area contributed by atoms with E-state index in [1.807, 2.05) is 32.0 Å². The van der Waals surface area contributed by atoms with Gasteiger partial charge in [0.2, 0.25) is 0 Å². The molecule has 0 aliphatic rings. The Labute approximate surface area is 156 Å². The molecule has 6 heteroatoms. The number of methoxy groups -OCH3 is 2. The van der Waals surface area contributed by atoms with E-state index in [1.54, 1.807) is 38.5 Å². The normalized spacial score (nSPS) is 10.5. The minimum absolute atomic E-state index is 0.195. The van der Waals surface area contributed by atoms with Gasteiger partial charge < -0.3 is 9.47 Å². The average molecular weight is 368 g/mol. The molecular weight excluding hydrogens is 348 g/mol. The molecule has 1 heterocycles. The fourth-order valence-corrected chi connectivity index (χ4v) is 3.49. The molecule has 0 atom stereocenters. The van der Waals surface area contributed by atoms with Gasteiger partial charge in [0.05, 0.1) is 19.9 Å². The van der Waals surface area contributed by atoms with E-state index in [0.29, 0.717) is 16.4 Å². The van der Waals surface area contributed by atoms with Gasteiger partial charge in [0.15, 0.2) is 5.13 Å². The lowest BCUT2D eigenvalue weighted by molar-refractivity contribution is 0.102. The number of nitrogens with zero attached hydrogens (tertiary/aromatic N) is 1. The van der Waals surface area contributed by atoms with Crippen molar-refractivity contribution in [3.05, 3.63) is 58.5 Å². The molecule has 1 N–H and O–H groups in total. The molecule has 5 nitrogen and oxygen atoms in total. The van der Waals surface area contributed by atoms with Gasteiger partial charge in [-0.05, 0) is 61.9 Å². The van der Waals surface area contributed by atoms with Crippen LogP contribution in [0.25, 0.3) is 11.3 Å². The van der Waals surface area contributed by atoms with E-state index in [9.17, 15) is 4.79 Å². The third-order valence-electron chi connectivity index (χ3n) is 4.04. The number of nitrogens with one attached hydrogen (secondary N) is 1. The van der Waals surface area contributed by atoms with Crippen molar-refractivity contribution in [1.82, 2.24) is 4.98 Å². The second-order valence-electron chi connectivity index (χ2n) is 5.79. The number of hydrogen-bond acceptors (Lipinski definition) is 5. The van der Waals surface area contributed by atoms with Crippen LogP contribution in [0.4, 0.5) is 5.13 Å². The molecule has 134 valence electrons. The van der Waals surface area contributed by atoms with Crippen LogP contribution in [-0.4, -0.2) is 25.1 Å². The Morgan fingerprint density at radius 1 is 1.04 bits per heavy atom. The Morgan fingerprint density at radius 3 is 2.38 bits per heavy atom. The summed E-state index contributed by atoms with van der Waals surface area (Å²) in [6, 6.07) is 12.9. The highest BCUT2D eigenvalue weighted by atomic mass is 32.1. The molecule has 26 heavy (non-hydrogen) atoms. The van der Waals surface area contributed by atoms with Gasteiger partial charge in [0.25, 0.3) is 5.91 Å². The molecule has 1 aromatic heterocycles. The largest absolute Gasteiger partial charge is 0.497 e. The van der Waals surface area contributed by atoms with E-state index in [-0.39, 0.29) is 5.91 Å². The van der Waals surface area contributed by atoms with Crippen LogP contribution in [-0.2, 0) is 0 Å². The number of thiazole rings is 1. The van der Waals surface area contributed by atoms with Gasteiger partial charge in [0, 0.05) is 16.0 Å². The van der Waals surface area contributed by atoms with E-state index in [1.165, 1.54) is 11.3 Å². The minimum Gasteiger partial charge on any atom is -0.497 e. The van der Waals surface area contributed by atoms with Crippen molar-refractivity contribution in [2.24, 2.45) is 0 Å². The summed E-state index contributed by atoms with van der Waals surface area (Å²) >= 11 is 1.46. The minimum atomic E-state index is -0.195. The van der Waals surface area contributed by atoms with Crippen molar-refractivity contribution in [3.8, 4) is 22.8 Å². The van der Waals surface area contributed by atoms with Crippen LogP contribution in [0.15, 0.2) is 42.5 Å². The van der Waals surface area contributed by atoms with Crippen LogP contribution in [0.1, 0.15) is 20.8 Å². The van der Waals surface area contributed by atoms with E-state index in [2.05, 4.69) is 10.3 Å². The van der Waals surface area contributed by atoms with Crippen molar-refractivity contribution in [3.63, 3.8) is 0 Å². The van der Waals surface area contributed by atoms with Gasteiger partial charge in [-0.25, -0.2) is 4.98 Å². The number of amides is 1. The smallest absolute Gasteiger partial charge is 0.257 e. The maximum absolute atomic E-state index is 12.4. The fraction of sp³-hybridized carbons (Fsp3) is 0.200. The van der Waals surface area contributed by atoms with Crippen LogP contribution >= 0.6 is 11.3 Å². The number of benzene rings is 2. The molecule has 0 bridgehead atoms. The Balaban J connectivity index is 1.81. The maximum atomic E-state index is 12.4. The number of ether oxygens (including phenoxy) is 2. The highest BCUT2D eigenvalue weighted by Gasteiger charge is 2.14. The van der Waals surface area contributed by atoms with Crippen LogP contribution in [0, 0.1) is 13.8 Å². The van der Waals surface area contributed by atoms with Crippen LogP contribution in [0.2, 0.25) is 0 Å². The number of aromatic nitrogens is 1. The molecular formula is C20H20N2O3S. The molecule has 0 spiro atoms. The maximum Gasteiger partial charge on any atom is 0.257 e. The summed E-state index contributed by atoms with van der Waals surface area (Å²) in [7, 11) is 3.25. The van der Waals surface area contributed by atoms with Crippen molar-refractivity contribution in [2.75, 3.05) is 19.5 Å². The highest BCUT2D eigenvalue weighted by molar-refractivity contribution is 7.16. The Bertz CT molecular complexity index is 933. The van der Waals surface area contributed by atoms with Gasteiger partial charge in [-0.2, -0.15) is 0 Å². The monoisotopic (exact) mass is 368 g/mol. The van der Waals surface area contributed by atoms with Crippen LogP contribution < -0.4 is 14.8 Å². The number of carbonyl (C=O) groups is 1. The van der Waals surface area contributed by atoms with Crippen molar-refractivity contribution < 1.29 is 14.3 Å². The van der Waals surface area contributed by atoms with Gasteiger partial charge in [-0.15, -0.1) is 11.3 Å². The quantitative estimate of drug-likeness (QED) is 0.709. The molecule has 0 fully saturated rings. The third kappa shape index (κ3) is 3.70. The van der Waals surface area contributed by atoms with Gasteiger partial charge in [-0.1, -0.05) is 0 Å². The molecule has 1 amide bonds. The van der Waals surface area contributed by atoms with Crippen molar-refractivity contribution in [2.45, 2.75) is 13.8 Å². The second-order valence-corrected chi connectivity index (χ2v) is 6.99. The molecule has 0 radical (unpaired) electrons. The van der Waals surface area contributed by atoms with E-state index < -0.39 is 0 Å². The first-order chi connectivity index (χ1) is 12.5. The summed E-state index contributed by atoms with van der Waals surface area (Å²) in [6.45, 7) is 3.99. The predicted octanol–water partition coefficient (Wildman–Crippen LogP) is 4.70. The number of rotatable bonds is 5. The van der Waals surface area contributed by atoms with Gasteiger partial charge in [-0.3, -0.25) is 10.1 Å². The summed E-state index contributed by atoms with van der Waals surface area (Å²) < 4.78 is 10.4. The molecule has 0 aliphatic carbocycles. The lowest BCUT2D eigenvalue weighted by atomic mass is 10.1. The number of hydrogen-bond donors (Lipinski definition) is 1. The lowest BCUT2D eigenvalue weighted by Crippen LogP contribution is -2.11. The Hall–Kier alpha value is -2.86. The first-order valence-corrected chi connectivity index (χ1v) is 8.91. The number of carbonyl (C=O) groups excluding carboxylic acids is 1. The average Bonchev–Trinajstić information content (AvgIpc) is 3.01. The first-order valence-electron chi connectivity index (χ1n) is 8.09.